The Kier molecular flexibility index (Phi) is 7.76. The van der Waals surface area contributed by atoms with Crippen molar-refractivity contribution in [2.24, 2.45) is 0 Å². The van der Waals surface area contributed by atoms with E-state index in [0.717, 1.165) is 21.3 Å². The Balaban J connectivity index is 0.00000320. The highest BCUT2D eigenvalue weighted by Gasteiger charge is 2.25. The average Bonchev–Trinajstić information content (AvgIpc) is 3.09. The zero-order valence-corrected chi connectivity index (χ0v) is 19.4. The van der Waals surface area contributed by atoms with Crippen LogP contribution < -0.4 is 4.90 Å². The number of likely N-dealkylation sites (N-methyl/N-ethyl adjacent to an activating group) is 1. The molecule has 0 spiro atoms. The number of aromatic nitrogens is 1. The fourth-order valence-electron chi connectivity index (χ4n) is 2.85. The summed E-state index contributed by atoms with van der Waals surface area (Å²) in [4.78, 5) is 32.2. The van der Waals surface area contributed by atoms with E-state index in [9.17, 15) is 14.9 Å². The Morgan fingerprint density at radius 2 is 1.90 bits per heavy atom. The van der Waals surface area contributed by atoms with Crippen LogP contribution in [0.2, 0.25) is 5.02 Å². The topological polar surface area (TPSA) is 79.6 Å². The highest BCUT2D eigenvalue weighted by atomic mass is 35.5. The number of non-ortho nitro benzene ring substituents is 1. The molecule has 30 heavy (non-hydrogen) atoms. The SMILES string of the molecule is Cc1ccc2sc(N(CCN(C)C)C(=O)c3cc([N+](=O)[O-])ccc3Cl)nc2c1C.Cl. The van der Waals surface area contributed by atoms with Crippen molar-refractivity contribution in [3.63, 3.8) is 0 Å². The molecule has 0 aliphatic carbocycles. The zero-order chi connectivity index (χ0) is 21.3. The van der Waals surface area contributed by atoms with E-state index in [1.54, 1.807) is 4.90 Å². The summed E-state index contributed by atoms with van der Waals surface area (Å²) in [6.45, 7) is 5.01. The third kappa shape index (κ3) is 4.89. The van der Waals surface area contributed by atoms with Crippen LogP contribution in [0.4, 0.5) is 10.8 Å². The Morgan fingerprint density at radius 1 is 1.20 bits per heavy atom. The maximum Gasteiger partial charge on any atom is 0.270 e. The number of carbonyl (C=O) groups excluding carboxylic acids is 1. The molecule has 0 saturated heterocycles. The normalized spacial score (nSPS) is 10.9. The first-order valence-corrected chi connectivity index (χ1v) is 10.2. The number of nitrogens with zero attached hydrogens (tertiary/aromatic N) is 4. The molecule has 0 radical (unpaired) electrons. The Labute approximate surface area is 189 Å². The van der Waals surface area contributed by atoms with Crippen LogP contribution in [0.25, 0.3) is 10.2 Å². The number of benzene rings is 2. The molecule has 10 heteroatoms. The molecule has 160 valence electrons. The molecule has 0 aliphatic heterocycles. The van der Waals surface area contributed by atoms with Gasteiger partial charge in [-0.15, -0.1) is 12.4 Å². The van der Waals surface area contributed by atoms with Gasteiger partial charge < -0.3 is 4.90 Å². The molecule has 0 bridgehead atoms. The lowest BCUT2D eigenvalue weighted by Gasteiger charge is -2.22. The molecule has 3 aromatic rings. The number of nitro groups is 1. The van der Waals surface area contributed by atoms with Gasteiger partial charge in [0.15, 0.2) is 5.13 Å². The minimum absolute atomic E-state index is 0. The number of rotatable bonds is 6. The van der Waals surface area contributed by atoms with Gasteiger partial charge in [-0.25, -0.2) is 4.98 Å². The lowest BCUT2D eigenvalue weighted by atomic mass is 10.1. The van der Waals surface area contributed by atoms with Crippen LogP contribution in [0, 0.1) is 24.0 Å². The van der Waals surface area contributed by atoms with Gasteiger partial charge in [0.1, 0.15) is 0 Å². The number of carbonyl (C=O) groups is 1. The van der Waals surface area contributed by atoms with Gasteiger partial charge in [0.05, 0.1) is 25.7 Å². The lowest BCUT2D eigenvalue weighted by molar-refractivity contribution is -0.384. The number of fused-ring (bicyclic) bond motifs is 1. The second-order valence-electron chi connectivity index (χ2n) is 7.03. The van der Waals surface area contributed by atoms with Crippen LogP contribution >= 0.6 is 35.3 Å². The number of nitro benzene ring substituents is 1. The molecule has 0 saturated carbocycles. The molecular formula is C20H22Cl2N4O3S. The summed E-state index contributed by atoms with van der Waals surface area (Å²) in [6.07, 6.45) is 0. The largest absolute Gasteiger partial charge is 0.308 e. The van der Waals surface area contributed by atoms with Crippen molar-refractivity contribution in [3.05, 3.63) is 62.2 Å². The molecule has 7 nitrogen and oxygen atoms in total. The molecule has 0 N–H and O–H groups in total. The van der Waals surface area contributed by atoms with E-state index in [2.05, 4.69) is 0 Å². The number of amides is 1. The van der Waals surface area contributed by atoms with Gasteiger partial charge in [-0.3, -0.25) is 19.8 Å². The van der Waals surface area contributed by atoms with Crippen LogP contribution in [-0.2, 0) is 0 Å². The van der Waals surface area contributed by atoms with Crippen LogP contribution in [0.15, 0.2) is 30.3 Å². The molecule has 1 heterocycles. The van der Waals surface area contributed by atoms with E-state index in [-0.39, 0.29) is 28.7 Å². The highest BCUT2D eigenvalue weighted by Crippen LogP contribution is 2.33. The molecule has 0 aliphatic rings. The third-order valence-corrected chi connectivity index (χ3v) is 6.08. The van der Waals surface area contributed by atoms with Crippen molar-refractivity contribution in [2.45, 2.75) is 13.8 Å². The second kappa shape index (κ2) is 9.70. The van der Waals surface area contributed by atoms with Gasteiger partial charge in [-0.2, -0.15) is 0 Å². The smallest absolute Gasteiger partial charge is 0.270 e. The molecule has 0 fully saturated rings. The fourth-order valence-corrected chi connectivity index (χ4v) is 4.10. The van der Waals surface area contributed by atoms with E-state index in [1.165, 1.54) is 29.5 Å². The van der Waals surface area contributed by atoms with Crippen molar-refractivity contribution in [1.82, 2.24) is 9.88 Å². The number of hydrogen-bond donors (Lipinski definition) is 0. The van der Waals surface area contributed by atoms with Gasteiger partial charge in [0.25, 0.3) is 11.6 Å². The highest BCUT2D eigenvalue weighted by molar-refractivity contribution is 7.22. The monoisotopic (exact) mass is 468 g/mol. The fraction of sp³-hybridized carbons (Fsp3) is 0.300. The Hall–Kier alpha value is -2.26. The predicted molar refractivity (Wildman–Crippen MR) is 125 cm³/mol. The maximum absolute atomic E-state index is 13.3. The quantitative estimate of drug-likeness (QED) is 0.371. The first-order valence-electron chi connectivity index (χ1n) is 8.96. The van der Waals surface area contributed by atoms with Crippen LogP contribution in [-0.4, -0.2) is 47.9 Å². The summed E-state index contributed by atoms with van der Waals surface area (Å²) in [5, 5.41) is 11.9. The lowest BCUT2D eigenvalue weighted by Crippen LogP contribution is -2.37. The first-order chi connectivity index (χ1) is 13.7. The van der Waals surface area contributed by atoms with Crippen molar-refractivity contribution in [2.75, 3.05) is 32.1 Å². The van der Waals surface area contributed by atoms with Crippen LogP contribution in [0.5, 0.6) is 0 Å². The van der Waals surface area contributed by atoms with Gasteiger partial charge in [0.2, 0.25) is 0 Å². The summed E-state index contributed by atoms with van der Waals surface area (Å²) in [5.74, 6) is -0.408. The number of anilines is 1. The average molecular weight is 469 g/mol. The first kappa shape index (κ1) is 24.0. The minimum Gasteiger partial charge on any atom is -0.308 e. The second-order valence-corrected chi connectivity index (χ2v) is 8.45. The Morgan fingerprint density at radius 3 is 2.53 bits per heavy atom. The summed E-state index contributed by atoms with van der Waals surface area (Å²) >= 11 is 7.63. The van der Waals surface area contributed by atoms with Gasteiger partial charge in [-0.1, -0.05) is 29.0 Å². The zero-order valence-electron chi connectivity index (χ0n) is 17.0. The van der Waals surface area contributed by atoms with Crippen LogP contribution in [0.3, 0.4) is 0 Å². The molecule has 1 aromatic heterocycles. The van der Waals surface area contributed by atoms with Crippen molar-refractivity contribution in [1.29, 1.82) is 0 Å². The van der Waals surface area contributed by atoms with Crippen LogP contribution in [0.1, 0.15) is 21.5 Å². The van der Waals surface area contributed by atoms with Gasteiger partial charge in [0, 0.05) is 25.2 Å². The van der Waals surface area contributed by atoms with Gasteiger partial charge >= 0.3 is 0 Å². The molecule has 3 rings (SSSR count). The number of halogens is 2. The molecule has 2 aromatic carbocycles. The molecule has 0 unspecified atom stereocenters. The van der Waals surface area contributed by atoms with Crippen molar-refractivity contribution < 1.29 is 9.72 Å². The number of aryl methyl sites for hydroxylation is 2. The molecule has 1 amide bonds. The molecule has 0 atom stereocenters. The number of hydrogen-bond acceptors (Lipinski definition) is 6. The molecular weight excluding hydrogens is 447 g/mol. The Bertz CT molecular complexity index is 1100. The van der Waals surface area contributed by atoms with E-state index in [4.69, 9.17) is 16.6 Å². The number of thiazole rings is 1. The third-order valence-electron chi connectivity index (χ3n) is 4.71. The van der Waals surface area contributed by atoms with Crippen molar-refractivity contribution >= 4 is 62.3 Å². The van der Waals surface area contributed by atoms with Crippen molar-refractivity contribution in [3.8, 4) is 0 Å². The summed E-state index contributed by atoms with van der Waals surface area (Å²) in [5.41, 5.74) is 2.96. The van der Waals surface area contributed by atoms with E-state index in [1.807, 2.05) is 45.0 Å². The van der Waals surface area contributed by atoms with Gasteiger partial charge in [-0.05, 0) is 51.2 Å². The summed E-state index contributed by atoms with van der Waals surface area (Å²) < 4.78 is 0.982. The maximum atomic E-state index is 13.3. The van der Waals surface area contributed by atoms with E-state index >= 15 is 0 Å². The summed E-state index contributed by atoms with van der Waals surface area (Å²) in [7, 11) is 3.82. The summed E-state index contributed by atoms with van der Waals surface area (Å²) in [6, 6.07) is 7.91. The minimum atomic E-state index is -0.541. The van der Waals surface area contributed by atoms with E-state index in [0.29, 0.717) is 18.2 Å². The van der Waals surface area contributed by atoms with E-state index < -0.39 is 10.8 Å². The standard InChI is InChI=1S/C20H21ClN4O3S.ClH/c1-12-5-8-17-18(13(12)2)22-20(29-17)24(10-9-23(3)4)19(26)15-11-14(25(27)28)6-7-16(15)21;/h5-8,11H,9-10H2,1-4H3;1H. The predicted octanol–water partition coefficient (Wildman–Crippen LogP) is 5.10.